The molecule has 0 spiro atoms. The van der Waals surface area contributed by atoms with Gasteiger partial charge >= 0.3 is 0 Å². The van der Waals surface area contributed by atoms with Crippen molar-refractivity contribution in [2.24, 2.45) is 5.92 Å². The zero-order chi connectivity index (χ0) is 11.8. The predicted molar refractivity (Wildman–Crippen MR) is 60.3 cm³/mol. The van der Waals surface area contributed by atoms with Crippen LogP contribution in [-0.2, 0) is 5.41 Å². The molecule has 1 aliphatic carbocycles. The van der Waals surface area contributed by atoms with Crippen LogP contribution in [0.2, 0.25) is 0 Å². The standard InChI is InChI=1S/C12H15NO3/c1-9-6-12(7-9,8-14)10-3-2-4-11(5-10)13(15)16/h2-5,9,14H,6-8H2,1H3. The monoisotopic (exact) mass is 221 g/mol. The molecule has 1 N–H and O–H groups in total. The second-order valence-electron chi connectivity index (χ2n) is 4.76. The molecule has 1 saturated carbocycles. The fraction of sp³-hybridized carbons (Fsp3) is 0.500. The first-order chi connectivity index (χ1) is 7.57. The van der Waals surface area contributed by atoms with Gasteiger partial charge < -0.3 is 5.11 Å². The highest BCUT2D eigenvalue weighted by Gasteiger charge is 2.43. The second kappa shape index (κ2) is 3.87. The van der Waals surface area contributed by atoms with E-state index in [-0.39, 0.29) is 17.7 Å². The Bertz CT molecular complexity index is 410. The number of aliphatic hydroxyl groups is 1. The molecule has 0 aliphatic heterocycles. The van der Waals surface area contributed by atoms with Crippen molar-refractivity contribution in [2.45, 2.75) is 25.2 Å². The summed E-state index contributed by atoms with van der Waals surface area (Å²) in [5.41, 5.74) is 0.748. The van der Waals surface area contributed by atoms with Gasteiger partial charge in [0, 0.05) is 17.5 Å². The Kier molecular flexibility index (Phi) is 2.68. The first-order valence-electron chi connectivity index (χ1n) is 5.43. The summed E-state index contributed by atoms with van der Waals surface area (Å²) in [5, 5.41) is 20.1. The van der Waals surface area contributed by atoms with E-state index in [1.54, 1.807) is 12.1 Å². The molecule has 2 rings (SSSR count). The summed E-state index contributed by atoms with van der Waals surface area (Å²) in [6, 6.07) is 6.63. The van der Waals surface area contributed by atoms with Gasteiger partial charge in [-0.15, -0.1) is 0 Å². The van der Waals surface area contributed by atoms with Gasteiger partial charge in [0.2, 0.25) is 0 Å². The van der Waals surface area contributed by atoms with E-state index in [4.69, 9.17) is 0 Å². The molecule has 0 radical (unpaired) electrons. The van der Waals surface area contributed by atoms with Crippen LogP contribution < -0.4 is 0 Å². The Labute approximate surface area is 94.1 Å². The summed E-state index contributed by atoms with van der Waals surface area (Å²) in [6.07, 6.45) is 1.81. The maximum Gasteiger partial charge on any atom is 0.269 e. The molecule has 1 fully saturated rings. The second-order valence-corrected chi connectivity index (χ2v) is 4.76. The summed E-state index contributed by atoms with van der Waals surface area (Å²) in [4.78, 5) is 10.3. The largest absolute Gasteiger partial charge is 0.395 e. The van der Waals surface area contributed by atoms with E-state index in [9.17, 15) is 15.2 Å². The van der Waals surface area contributed by atoms with E-state index in [0.717, 1.165) is 18.4 Å². The summed E-state index contributed by atoms with van der Waals surface area (Å²) in [7, 11) is 0. The van der Waals surface area contributed by atoms with Gasteiger partial charge in [0.1, 0.15) is 0 Å². The molecule has 4 heteroatoms. The van der Waals surface area contributed by atoms with Gasteiger partial charge in [-0.05, 0) is 24.3 Å². The maximum atomic E-state index is 10.7. The lowest BCUT2D eigenvalue weighted by Gasteiger charge is -2.45. The van der Waals surface area contributed by atoms with E-state index in [2.05, 4.69) is 6.92 Å². The highest BCUT2D eigenvalue weighted by Crippen LogP contribution is 2.47. The Hall–Kier alpha value is -1.42. The Morgan fingerprint density at radius 1 is 1.56 bits per heavy atom. The third-order valence-electron chi connectivity index (χ3n) is 3.45. The molecule has 0 unspecified atom stereocenters. The topological polar surface area (TPSA) is 63.4 Å². The van der Waals surface area contributed by atoms with Crippen molar-refractivity contribution in [3.8, 4) is 0 Å². The summed E-state index contributed by atoms with van der Waals surface area (Å²) < 4.78 is 0. The molecule has 4 nitrogen and oxygen atoms in total. The Balaban J connectivity index is 2.33. The first-order valence-corrected chi connectivity index (χ1v) is 5.43. The highest BCUT2D eigenvalue weighted by molar-refractivity contribution is 5.39. The smallest absolute Gasteiger partial charge is 0.269 e. The molecule has 1 aromatic carbocycles. The predicted octanol–water partition coefficient (Wildman–Crippen LogP) is 2.25. The molecule has 0 saturated heterocycles. The molecule has 16 heavy (non-hydrogen) atoms. The lowest BCUT2D eigenvalue weighted by Crippen LogP contribution is -2.43. The molecule has 0 aromatic heterocycles. The van der Waals surface area contributed by atoms with Crippen LogP contribution >= 0.6 is 0 Å². The van der Waals surface area contributed by atoms with Crippen LogP contribution in [0.3, 0.4) is 0 Å². The van der Waals surface area contributed by atoms with Crippen molar-refractivity contribution < 1.29 is 10.0 Å². The number of benzene rings is 1. The molecule has 1 aliphatic rings. The Morgan fingerprint density at radius 3 is 2.75 bits per heavy atom. The highest BCUT2D eigenvalue weighted by atomic mass is 16.6. The zero-order valence-corrected chi connectivity index (χ0v) is 9.22. The van der Waals surface area contributed by atoms with Crippen LogP contribution in [0.1, 0.15) is 25.3 Å². The van der Waals surface area contributed by atoms with Crippen LogP contribution in [0.5, 0.6) is 0 Å². The molecular weight excluding hydrogens is 206 g/mol. The van der Waals surface area contributed by atoms with E-state index < -0.39 is 4.92 Å². The van der Waals surface area contributed by atoms with Crippen molar-refractivity contribution in [3.05, 3.63) is 39.9 Å². The van der Waals surface area contributed by atoms with Gasteiger partial charge in [-0.2, -0.15) is 0 Å². The van der Waals surface area contributed by atoms with Crippen LogP contribution in [0.15, 0.2) is 24.3 Å². The third kappa shape index (κ3) is 1.69. The number of nitro groups is 1. The van der Waals surface area contributed by atoms with E-state index in [1.165, 1.54) is 6.07 Å². The minimum Gasteiger partial charge on any atom is -0.395 e. The van der Waals surface area contributed by atoms with Crippen LogP contribution in [0, 0.1) is 16.0 Å². The van der Waals surface area contributed by atoms with E-state index in [0.29, 0.717) is 5.92 Å². The van der Waals surface area contributed by atoms with Crippen LogP contribution in [0.4, 0.5) is 5.69 Å². The van der Waals surface area contributed by atoms with Gasteiger partial charge in [0.25, 0.3) is 5.69 Å². The lowest BCUT2D eigenvalue weighted by molar-refractivity contribution is -0.385. The maximum absolute atomic E-state index is 10.7. The number of rotatable bonds is 3. The molecule has 1 aromatic rings. The van der Waals surface area contributed by atoms with Gasteiger partial charge in [0.05, 0.1) is 11.5 Å². The minimum absolute atomic E-state index is 0.0680. The number of aliphatic hydroxyl groups excluding tert-OH is 1. The normalized spacial score (nSPS) is 28.5. The number of hydrogen-bond acceptors (Lipinski definition) is 3. The summed E-state index contributed by atoms with van der Waals surface area (Å²) in [5.74, 6) is 0.589. The fourth-order valence-electron chi connectivity index (χ4n) is 2.68. The number of non-ortho nitro benzene ring substituents is 1. The van der Waals surface area contributed by atoms with Crippen LogP contribution in [0.25, 0.3) is 0 Å². The average molecular weight is 221 g/mol. The van der Waals surface area contributed by atoms with Gasteiger partial charge in [-0.1, -0.05) is 19.1 Å². The lowest BCUT2D eigenvalue weighted by atomic mass is 9.59. The van der Waals surface area contributed by atoms with Gasteiger partial charge in [-0.25, -0.2) is 0 Å². The fourth-order valence-corrected chi connectivity index (χ4v) is 2.68. The third-order valence-corrected chi connectivity index (χ3v) is 3.45. The number of hydrogen-bond donors (Lipinski definition) is 1. The molecule has 0 amide bonds. The quantitative estimate of drug-likeness (QED) is 0.629. The van der Waals surface area contributed by atoms with Crippen molar-refractivity contribution in [1.82, 2.24) is 0 Å². The molecule has 86 valence electrons. The van der Waals surface area contributed by atoms with Crippen molar-refractivity contribution in [1.29, 1.82) is 0 Å². The average Bonchev–Trinajstić information content (AvgIpc) is 2.24. The first kappa shape index (κ1) is 11.1. The minimum atomic E-state index is -0.392. The molecule has 0 atom stereocenters. The van der Waals surface area contributed by atoms with Gasteiger partial charge in [0.15, 0.2) is 0 Å². The Morgan fingerprint density at radius 2 is 2.25 bits per heavy atom. The van der Waals surface area contributed by atoms with Gasteiger partial charge in [-0.3, -0.25) is 10.1 Å². The SMILES string of the molecule is CC1CC(CO)(c2cccc([N+](=O)[O-])c2)C1. The van der Waals surface area contributed by atoms with Crippen molar-refractivity contribution in [3.63, 3.8) is 0 Å². The summed E-state index contributed by atoms with van der Waals surface area (Å²) >= 11 is 0. The van der Waals surface area contributed by atoms with E-state index >= 15 is 0 Å². The summed E-state index contributed by atoms with van der Waals surface area (Å²) in [6.45, 7) is 2.20. The molecule has 0 heterocycles. The number of nitro benzene ring substituents is 1. The van der Waals surface area contributed by atoms with E-state index in [1.807, 2.05) is 6.07 Å². The number of nitrogens with zero attached hydrogens (tertiary/aromatic N) is 1. The van der Waals surface area contributed by atoms with Crippen molar-refractivity contribution in [2.75, 3.05) is 6.61 Å². The molecular formula is C12H15NO3. The van der Waals surface area contributed by atoms with Crippen molar-refractivity contribution >= 4 is 5.69 Å². The zero-order valence-electron chi connectivity index (χ0n) is 9.22. The molecule has 0 bridgehead atoms. The van der Waals surface area contributed by atoms with Crippen LogP contribution in [-0.4, -0.2) is 16.6 Å².